The first-order valence-electron chi connectivity index (χ1n) is 10.7. The summed E-state index contributed by atoms with van der Waals surface area (Å²) in [7, 11) is -5.06. The summed E-state index contributed by atoms with van der Waals surface area (Å²) in [6.45, 7) is -1.64. The Morgan fingerprint density at radius 3 is 1.89 bits per heavy atom. The van der Waals surface area contributed by atoms with E-state index in [1.165, 1.54) is 0 Å². The molecule has 2 aliphatic rings. The molecule has 2 aliphatic heterocycles. The van der Waals surface area contributed by atoms with Crippen molar-refractivity contribution in [3.63, 3.8) is 0 Å². The summed E-state index contributed by atoms with van der Waals surface area (Å²) in [5.74, 6) is 0. The van der Waals surface area contributed by atoms with Crippen LogP contribution >= 0.6 is 7.82 Å². The van der Waals surface area contributed by atoms with E-state index in [0.29, 0.717) is 0 Å². The zero-order chi connectivity index (χ0) is 27.1. The minimum atomic E-state index is -5.06. The second kappa shape index (κ2) is 10.5. The monoisotopic (exact) mass is 550 g/mol. The van der Waals surface area contributed by atoms with Crippen molar-refractivity contribution < 1.29 is 48.4 Å². The van der Waals surface area contributed by atoms with E-state index in [2.05, 4.69) is 0 Å². The van der Waals surface area contributed by atoms with E-state index < -0.39 is 92.6 Å². The molecule has 0 spiro atoms. The number of aromatic amines is 2. The van der Waals surface area contributed by atoms with Gasteiger partial charge >= 0.3 is 19.2 Å². The molecule has 0 aliphatic carbocycles. The first kappa shape index (κ1) is 27.3. The topological polar surface area (TPSA) is 265 Å². The van der Waals surface area contributed by atoms with E-state index in [1.807, 2.05) is 9.97 Å². The molecule has 2 fully saturated rings. The molecule has 204 valence electrons. The number of H-pyrrole nitrogens is 2. The summed E-state index contributed by atoms with van der Waals surface area (Å²) in [5, 5.41) is 40.6. The summed E-state index contributed by atoms with van der Waals surface area (Å²) in [6, 6.07) is 1.94. The number of aromatic nitrogens is 4. The molecule has 0 amide bonds. The third-order valence-electron chi connectivity index (χ3n) is 5.73. The molecule has 2 saturated heterocycles. The van der Waals surface area contributed by atoms with Crippen molar-refractivity contribution >= 4 is 7.82 Å². The Hall–Kier alpha value is -2.77. The van der Waals surface area contributed by atoms with Crippen LogP contribution in [-0.2, 0) is 23.1 Å². The number of phosphoric acid groups is 1. The zero-order valence-corrected chi connectivity index (χ0v) is 19.5. The van der Waals surface area contributed by atoms with Gasteiger partial charge in [0, 0.05) is 24.5 Å². The first-order chi connectivity index (χ1) is 17.4. The average Bonchev–Trinajstić information content (AvgIpc) is 3.28. The van der Waals surface area contributed by atoms with Gasteiger partial charge < -0.3 is 34.8 Å². The van der Waals surface area contributed by atoms with Crippen LogP contribution in [0.15, 0.2) is 43.7 Å². The Kier molecular flexibility index (Phi) is 7.77. The zero-order valence-electron chi connectivity index (χ0n) is 18.6. The molecule has 7 N–H and O–H groups in total. The van der Waals surface area contributed by atoms with Crippen molar-refractivity contribution in [3.8, 4) is 0 Å². The van der Waals surface area contributed by atoms with Crippen LogP contribution in [0.5, 0.6) is 0 Å². The van der Waals surface area contributed by atoms with Gasteiger partial charge in [-0.05, 0) is 0 Å². The molecule has 1 unspecified atom stereocenters. The largest absolute Gasteiger partial charge is 0.472 e. The number of nitrogens with one attached hydrogen (secondary N) is 2. The fraction of sp³-hybridized carbons (Fsp3) is 0.556. The van der Waals surface area contributed by atoms with E-state index in [-0.39, 0.29) is 0 Å². The normalized spacial score (nSPS) is 33.4. The maximum absolute atomic E-state index is 12.6. The van der Waals surface area contributed by atoms with E-state index in [4.69, 9.17) is 18.5 Å². The van der Waals surface area contributed by atoms with E-state index in [1.54, 1.807) is 0 Å². The quantitative estimate of drug-likeness (QED) is 0.153. The van der Waals surface area contributed by atoms with Crippen LogP contribution in [-0.4, -0.2) is 94.3 Å². The maximum atomic E-state index is 12.6. The number of phosphoric ester groups is 1. The van der Waals surface area contributed by atoms with Gasteiger partial charge in [0.05, 0.1) is 13.2 Å². The smallest absolute Gasteiger partial charge is 0.394 e. The van der Waals surface area contributed by atoms with Crippen molar-refractivity contribution in [2.24, 2.45) is 0 Å². The molecule has 0 radical (unpaired) electrons. The van der Waals surface area contributed by atoms with Crippen LogP contribution in [0.2, 0.25) is 0 Å². The molecule has 19 heteroatoms. The van der Waals surface area contributed by atoms with Crippen LogP contribution in [0.1, 0.15) is 12.5 Å². The van der Waals surface area contributed by atoms with E-state index >= 15 is 0 Å². The lowest BCUT2D eigenvalue weighted by Crippen LogP contribution is -2.39. The molecule has 4 rings (SSSR count). The molecule has 18 nitrogen and oxygen atoms in total. The SMILES string of the molecule is O=c1ccn([C@@H]2O[C@H](COP(=O)(O)O[C@H]3[C@H](O)[C@H](n4ccc(=O)[nH]c4=O)O[C@@H]3CO)[C@@H](O)[C@H]2O)c(=O)[nH]1. The van der Waals surface area contributed by atoms with Gasteiger partial charge in [0.25, 0.3) is 11.1 Å². The molecular weight excluding hydrogens is 527 g/mol. The molecule has 0 saturated carbocycles. The van der Waals surface area contributed by atoms with Crippen molar-refractivity contribution in [2.75, 3.05) is 13.2 Å². The van der Waals surface area contributed by atoms with Gasteiger partial charge in [-0.1, -0.05) is 0 Å². The van der Waals surface area contributed by atoms with Gasteiger partial charge in [0.1, 0.15) is 36.6 Å². The summed E-state index contributed by atoms with van der Waals surface area (Å²) >= 11 is 0. The number of hydrogen-bond donors (Lipinski definition) is 7. The second-order valence-corrected chi connectivity index (χ2v) is 9.56. The lowest BCUT2D eigenvalue weighted by atomic mass is 10.1. The fourth-order valence-electron chi connectivity index (χ4n) is 3.93. The van der Waals surface area contributed by atoms with E-state index in [9.17, 15) is 49.1 Å². The Morgan fingerprint density at radius 1 is 0.865 bits per heavy atom. The third-order valence-corrected chi connectivity index (χ3v) is 6.72. The van der Waals surface area contributed by atoms with Crippen LogP contribution in [0.25, 0.3) is 0 Å². The molecule has 0 aromatic carbocycles. The Bertz CT molecular complexity index is 1400. The first-order valence-corrected chi connectivity index (χ1v) is 12.2. The highest BCUT2D eigenvalue weighted by Crippen LogP contribution is 2.49. The number of nitrogens with zero attached hydrogens (tertiary/aromatic N) is 2. The predicted molar refractivity (Wildman–Crippen MR) is 116 cm³/mol. The third kappa shape index (κ3) is 5.58. The van der Waals surface area contributed by atoms with Gasteiger partial charge in [-0.25, -0.2) is 14.2 Å². The molecule has 0 bridgehead atoms. The minimum Gasteiger partial charge on any atom is -0.394 e. The summed E-state index contributed by atoms with van der Waals surface area (Å²) < 4.78 is 34.7. The number of hydrogen-bond acceptors (Lipinski definition) is 13. The van der Waals surface area contributed by atoms with Crippen molar-refractivity contribution in [2.45, 2.75) is 49.1 Å². The molecular formula is C18H23N4O14P. The van der Waals surface area contributed by atoms with Gasteiger partial charge in [0.15, 0.2) is 12.5 Å². The van der Waals surface area contributed by atoms with Crippen LogP contribution in [0.3, 0.4) is 0 Å². The number of aliphatic hydroxyl groups is 4. The summed E-state index contributed by atoms with van der Waals surface area (Å²) in [4.78, 5) is 60.5. The van der Waals surface area contributed by atoms with Crippen LogP contribution in [0.4, 0.5) is 0 Å². The lowest BCUT2D eigenvalue weighted by molar-refractivity contribution is -0.0615. The highest BCUT2D eigenvalue weighted by atomic mass is 31.2. The van der Waals surface area contributed by atoms with Gasteiger partial charge in [-0.2, -0.15) is 0 Å². The molecule has 9 atom stereocenters. The highest BCUT2D eigenvalue weighted by molar-refractivity contribution is 7.47. The summed E-state index contributed by atoms with van der Waals surface area (Å²) in [5.41, 5.74) is -3.33. The number of rotatable bonds is 8. The molecule has 2 aromatic rings. The Labute approximate surface area is 204 Å². The average molecular weight is 550 g/mol. The fourth-order valence-corrected chi connectivity index (χ4v) is 4.89. The number of aliphatic hydroxyl groups excluding tert-OH is 4. The predicted octanol–water partition coefficient (Wildman–Crippen LogP) is -4.54. The minimum absolute atomic E-state index is 0.709. The van der Waals surface area contributed by atoms with Gasteiger partial charge in [0.2, 0.25) is 0 Å². The molecule has 4 heterocycles. The Morgan fingerprint density at radius 2 is 1.38 bits per heavy atom. The van der Waals surface area contributed by atoms with Gasteiger partial charge in [-0.3, -0.25) is 37.7 Å². The van der Waals surface area contributed by atoms with Crippen molar-refractivity contribution in [3.05, 3.63) is 66.2 Å². The van der Waals surface area contributed by atoms with Gasteiger partial charge in [-0.15, -0.1) is 0 Å². The van der Waals surface area contributed by atoms with Crippen molar-refractivity contribution in [1.29, 1.82) is 0 Å². The van der Waals surface area contributed by atoms with Crippen molar-refractivity contribution in [1.82, 2.24) is 19.1 Å². The number of ether oxygens (including phenoxy) is 2. The second-order valence-electron chi connectivity index (χ2n) is 8.15. The summed E-state index contributed by atoms with van der Waals surface area (Å²) in [6.07, 6.45) is -10.6. The van der Waals surface area contributed by atoms with Crippen LogP contribution in [0, 0.1) is 0 Å². The lowest BCUT2D eigenvalue weighted by Gasteiger charge is -2.23. The van der Waals surface area contributed by atoms with Crippen LogP contribution < -0.4 is 22.5 Å². The molecule has 2 aromatic heterocycles. The molecule has 37 heavy (non-hydrogen) atoms. The standard InChI is InChI=1S/C18H23N4O14P/c23-5-7-14(13(28)16(34-7)22-4-2-10(25)20-18(22)30)36-37(31,32)33-6-8-11(26)12(27)15(35-8)21-3-1-9(24)19-17(21)29/h1-4,7-8,11-16,23,26-28H,5-6H2,(H,31,32)(H,19,24,29)(H,20,25,30)/t7-,8-,11-,12-,13+,14-,15-,16-/m1/s1. The maximum Gasteiger partial charge on any atom is 0.472 e. The highest BCUT2D eigenvalue weighted by Gasteiger charge is 2.50. The Balaban J connectivity index is 1.43. The van der Waals surface area contributed by atoms with E-state index in [0.717, 1.165) is 33.7 Å².